The minimum absolute atomic E-state index is 0.0161. The van der Waals surface area contributed by atoms with Gasteiger partial charge in [0.15, 0.2) is 0 Å². The molecule has 0 aliphatic rings. The smallest absolute Gasteiger partial charge is 0.292 e. The molecule has 0 aromatic heterocycles. The van der Waals surface area contributed by atoms with Gasteiger partial charge in [-0.25, -0.2) is 4.39 Å². The maximum Gasteiger partial charge on any atom is 0.292 e. The second-order valence-corrected chi connectivity index (χ2v) is 4.27. The average molecular weight is 292 g/mol. The minimum Gasteiger partial charge on any atom is -0.508 e. The lowest BCUT2D eigenvalue weighted by molar-refractivity contribution is -0.384. The van der Waals surface area contributed by atoms with Gasteiger partial charge in [-0.2, -0.15) is 0 Å². The second kappa shape index (κ2) is 6.08. The molecule has 0 bridgehead atoms. The standard InChI is InChI=1S/C14H13FN2O4/c1-21-11-3-5-14(18)9(6-11)8-16-12-7-10(15)2-4-13(12)17(19)20/h2-7,16,18H,8H2,1H3. The summed E-state index contributed by atoms with van der Waals surface area (Å²) in [4.78, 5) is 10.3. The summed E-state index contributed by atoms with van der Waals surface area (Å²) < 4.78 is 18.2. The van der Waals surface area contributed by atoms with Crippen LogP contribution in [0.3, 0.4) is 0 Å². The molecule has 6 nitrogen and oxygen atoms in total. The molecule has 0 spiro atoms. The number of hydrogen-bond acceptors (Lipinski definition) is 5. The molecule has 0 fully saturated rings. The first-order valence-corrected chi connectivity index (χ1v) is 6.05. The van der Waals surface area contributed by atoms with Crippen LogP contribution in [0.25, 0.3) is 0 Å². The van der Waals surface area contributed by atoms with Crippen molar-refractivity contribution in [3.8, 4) is 11.5 Å². The molecule has 0 saturated heterocycles. The van der Waals surface area contributed by atoms with Crippen molar-refractivity contribution < 1.29 is 19.2 Å². The van der Waals surface area contributed by atoms with Crippen LogP contribution in [0.5, 0.6) is 11.5 Å². The van der Waals surface area contributed by atoms with E-state index >= 15 is 0 Å². The first-order valence-electron chi connectivity index (χ1n) is 6.05. The second-order valence-electron chi connectivity index (χ2n) is 4.27. The number of ether oxygens (including phenoxy) is 1. The van der Waals surface area contributed by atoms with Crippen molar-refractivity contribution in [1.82, 2.24) is 0 Å². The number of aromatic hydroxyl groups is 1. The third-order valence-electron chi connectivity index (χ3n) is 2.91. The summed E-state index contributed by atoms with van der Waals surface area (Å²) >= 11 is 0. The van der Waals surface area contributed by atoms with Gasteiger partial charge in [0.1, 0.15) is 23.0 Å². The summed E-state index contributed by atoms with van der Waals surface area (Å²) in [5, 5.41) is 23.4. The van der Waals surface area contributed by atoms with E-state index in [-0.39, 0.29) is 23.7 Å². The van der Waals surface area contributed by atoms with Gasteiger partial charge in [-0.05, 0) is 24.3 Å². The van der Waals surface area contributed by atoms with E-state index in [1.54, 1.807) is 12.1 Å². The van der Waals surface area contributed by atoms with Crippen LogP contribution < -0.4 is 10.1 Å². The molecule has 0 unspecified atom stereocenters. The molecule has 0 radical (unpaired) electrons. The number of phenols is 1. The molecular formula is C14H13FN2O4. The number of benzene rings is 2. The maximum absolute atomic E-state index is 13.2. The molecule has 0 aliphatic carbocycles. The Morgan fingerprint density at radius 3 is 2.76 bits per heavy atom. The van der Waals surface area contributed by atoms with Crippen LogP contribution in [0.2, 0.25) is 0 Å². The quantitative estimate of drug-likeness (QED) is 0.653. The lowest BCUT2D eigenvalue weighted by Crippen LogP contribution is -2.03. The minimum atomic E-state index is -0.604. The van der Waals surface area contributed by atoms with E-state index in [9.17, 15) is 19.6 Å². The topological polar surface area (TPSA) is 84.6 Å². The fourth-order valence-corrected chi connectivity index (χ4v) is 1.83. The van der Waals surface area contributed by atoms with Gasteiger partial charge in [-0.1, -0.05) is 0 Å². The zero-order valence-corrected chi connectivity index (χ0v) is 11.2. The van der Waals surface area contributed by atoms with Crippen LogP contribution in [-0.2, 0) is 6.54 Å². The Kier molecular flexibility index (Phi) is 4.22. The lowest BCUT2D eigenvalue weighted by atomic mass is 10.1. The Bertz CT molecular complexity index is 676. The molecule has 2 aromatic rings. The number of nitro benzene ring substituents is 1. The van der Waals surface area contributed by atoms with E-state index < -0.39 is 10.7 Å². The summed E-state index contributed by atoms with van der Waals surface area (Å²) in [7, 11) is 1.49. The Labute approximate surface area is 119 Å². The van der Waals surface area contributed by atoms with Crippen LogP contribution in [0.15, 0.2) is 36.4 Å². The molecular weight excluding hydrogens is 279 g/mol. The van der Waals surface area contributed by atoms with Gasteiger partial charge in [0.2, 0.25) is 0 Å². The molecule has 2 aromatic carbocycles. The highest BCUT2D eigenvalue weighted by Crippen LogP contribution is 2.28. The van der Waals surface area contributed by atoms with Crippen LogP contribution in [-0.4, -0.2) is 17.1 Å². The van der Waals surface area contributed by atoms with Crippen molar-refractivity contribution in [2.45, 2.75) is 6.54 Å². The van der Waals surface area contributed by atoms with Crippen molar-refractivity contribution in [3.63, 3.8) is 0 Å². The van der Waals surface area contributed by atoms with Crippen molar-refractivity contribution in [1.29, 1.82) is 0 Å². The lowest BCUT2D eigenvalue weighted by Gasteiger charge is -2.10. The first-order chi connectivity index (χ1) is 10.0. The third-order valence-corrected chi connectivity index (χ3v) is 2.91. The fraction of sp³-hybridized carbons (Fsp3) is 0.143. The number of rotatable bonds is 5. The molecule has 110 valence electrons. The molecule has 0 amide bonds. The summed E-state index contributed by atoms with van der Waals surface area (Å²) in [5.74, 6) is -0.0290. The molecule has 7 heteroatoms. The third kappa shape index (κ3) is 3.38. The van der Waals surface area contributed by atoms with Crippen LogP contribution in [0.4, 0.5) is 15.8 Å². The normalized spacial score (nSPS) is 10.2. The Hall–Kier alpha value is -2.83. The van der Waals surface area contributed by atoms with Gasteiger partial charge < -0.3 is 15.2 Å². The number of anilines is 1. The fourth-order valence-electron chi connectivity index (χ4n) is 1.83. The number of methoxy groups -OCH3 is 1. The Morgan fingerprint density at radius 2 is 2.10 bits per heavy atom. The summed E-state index contributed by atoms with van der Waals surface area (Å²) in [5.41, 5.74) is 0.286. The summed E-state index contributed by atoms with van der Waals surface area (Å²) in [6, 6.07) is 7.78. The van der Waals surface area contributed by atoms with Gasteiger partial charge in [0, 0.05) is 24.2 Å². The first kappa shape index (κ1) is 14.6. The summed E-state index contributed by atoms with van der Waals surface area (Å²) in [6.07, 6.45) is 0. The highest BCUT2D eigenvalue weighted by molar-refractivity contribution is 5.61. The molecule has 2 rings (SSSR count). The van der Waals surface area contributed by atoms with Gasteiger partial charge in [0.05, 0.1) is 12.0 Å². The monoisotopic (exact) mass is 292 g/mol. The highest BCUT2D eigenvalue weighted by atomic mass is 19.1. The Morgan fingerprint density at radius 1 is 1.33 bits per heavy atom. The van der Waals surface area contributed by atoms with Gasteiger partial charge in [-0.3, -0.25) is 10.1 Å². The number of phenolic OH excluding ortho intramolecular Hbond substituents is 1. The number of hydrogen-bond donors (Lipinski definition) is 2. The van der Waals surface area contributed by atoms with Crippen molar-refractivity contribution in [3.05, 3.63) is 57.9 Å². The van der Waals surface area contributed by atoms with Crippen LogP contribution in [0, 0.1) is 15.9 Å². The average Bonchev–Trinajstić information content (AvgIpc) is 2.46. The molecule has 0 heterocycles. The molecule has 0 aliphatic heterocycles. The maximum atomic E-state index is 13.2. The SMILES string of the molecule is COc1ccc(O)c(CNc2cc(F)ccc2[N+](=O)[O-])c1. The van der Waals surface area contributed by atoms with E-state index in [2.05, 4.69) is 5.32 Å². The highest BCUT2D eigenvalue weighted by Gasteiger charge is 2.14. The largest absolute Gasteiger partial charge is 0.508 e. The van der Waals surface area contributed by atoms with E-state index in [4.69, 9.17) is 4.74 Å². The number of nitrogens with zero attached hydrogens (tertiary/aromatic N) is 1. The van der Waals surface area contributed by atoms with Crippen molar-refractivity contribution in [2.75, 3.05) is 12.4 Å². The van der Waals surface area contributed by atoms with Gasteiger partial charge in [0.25, 0.3) is 5.69 Å². The molecule has 0 saturated carbocycles. The number of halogens is 1. The Balaban J connectivity index is 2.24. The van der Waals surface area contributed by atoms with Crippen molar-refractivity contribution in [2.24, 2.45) is 0 Å². The molecule has 2 N–H and O–H groups in total. The van der Waals surface area contributed by atoms with E-state index in [1.807, 2.05) is 0 Å². The van der Waals surface area contributed by atoms with E-state index in [0.717, 1.165) is 18.2 Å². The zero-order chi connectivity index (χ0) is 15.4. The van der Waals surface area contributed by atoms with Gasteiger partial charge >= 0.3 is 0 Å². The van der Waals surface area contributed by atoms with Gasteiger partial charge in [-0.15, -0.1) is 0 Å². The number of nitro groups is 1. The molecule has 21 heavy (non-hydrogen) atoms. The predicted molar refractivity (Wildman–Crippen MR) is 75.0 cm³/mol. The van der Waals surface area contributed by atoms with Crippen molar-refractivity contribution >= 4 is 11.4 Å². The van der Waals surface area contributed by atoms with E-state index in [1.165, 1.54) is 13.2 Å². The zero-order valence-electron chi connectivity index (χ0n) is 11.2. The number of nitrogens with one attached hydrogen (secondary N) is 1. The van der Waals surface area contributed by atoms with Crippen LogP contribution in [0.1, 0.15) is 5.56 Å². The summed E-state index contributed by atoms with van der Waals surface area (Å²) in [6.45, 7) is 0.0906. The van der Waals surface area contributed by atoms with Crippen LogP contribution >= 0.6 is 0 Å². The van der Waals surface area contributed by atoms with E-state index in [0.29, 0.717) is 11.3 Å². The molecule has 0 atom stereocenters. The predicted octanol–water partition coefficient (Wildman–Crippen LogP) is 3.06.